The molecule has 1 amide bonds. The average molecular weight is 427 g/mol. The maximum atomic E-state index is 12.6. The van der Waals surface area contributed by atoms with Crippen LogP contribution in [0.1, 0.15) is 5.56 Å². The maximum Gasteiger partial charge on any atom is 0.269 e. The van der Waals surface area contributed by atoms with Crippen molar-refractivity contribution in [1.82, 2.24) is 10.2 Å². The van der Waals surface area contributed by atoms with Gasteiger partial charge in [0.15, 0.2) is 10.4 Å². The van der Waals surface area contributed by atoms with Gasteiger partial charge in [0.2, 0.25) is 15.2 Å². The van der Waals surface area contributed by atoms with Gasteiger partial charge in [-0.25, -0.2) is 8.42 Å². The van der Waals surface area contributed by atoms with Crippen LogP contribution in [-0.4, -0.2) is 49.2 Å². The second kappa shape index (κ2) is 7.87. The fraction of sp³-hybridized carbons (Fsp3) is 0.312. The summed E-state index contributed by atoms with van der Waals surface area (Å²) in [6.07, 6.45) is 1.85. The number of ether oxygens (including phenoxy) is 1. The highest BCUT2D eigenvalue weighted by molar-refractivity contribution is 8.01. The number of fused-ring (bicyclic) bond motifs is 1. The van der Waals surface area contributed by atoms with Crippen LogP contribution in [0.25, 0.3) is 0 Å². The molecule has 2 heterocycles. The maximum absolute atomic E-state index is 12.6. The molecule has 1 aliphatic rings. The quantitative estimate of drug-likeness (QED) is 0.430. The molecule has 1 aromatic heterocycles. The lowest BCUT2D eigenvalue weighted by atomic mass is 10.1. The van der Waals surface area contributed by atoms with Crippen molar-refractivity contribution in [2.24, 2.45) is 0 Å². The van der Waals surface area contributed by atoms with Crippen LogP contribution in [0.2, 0.25) is 0 Å². The summed E-state index contributed by atoms with van der Waals surface area (Å²) in [5, 5.41) is 10.9. The molecule has 2 aromatic rings. The van der Waals surface area contributed by atoms with E-state index in [2.05, 4.69) is 22.1 Å². The molecule has 1 aliphatic heterocycles. The second-order valence-corrected chi connectivity index (χ2v) is 9.99. The minimum atomic E-state index is -3.56. The van der Waals surface area contributed by atoms with Gasteiger partial charge in [0.25, 0.3) is 5.91 Å². The van der Waals surface area contributed by atoms with Gasteiger partial charge >= 0.3 is 0 Å². The minimum Gasteiger partial charge on any atom is -0.476 e. The predicted octanol–water partition coefficient (Wildman–Crippen LogP) is 2.29. The normalized spacial score (nSPS) is 16.4. The molecule has 8 nitrogen and oxygen atoms in total. The van der Waals surface area contributed by atoms with E-state index in [0.29, 0.717) is 26.7 Å². The summed E-state index contributed by atoms with van der Waals surface area (Å²) >= 11 is 2.69. The molecule has 1 unspecified atom stereocenters. The van der Waals surface area contributed by atoms with Crippen molar-refractivity contribution in [2.75, 3.05) is 28.2 Å². The Hall–Kier alpha value is -2.11. The van der Waals surface area contributed by atoms with Gasteiger partial charge in [-0.1, -0.05) is 35.2 Å². The summed E-state index contributed by atoms with van der Waals surface area (Å²) in [6.45, 7) is 5.39. The highest BCUT2D eigenvalue weighted by Crippen LogP contribution is 2.36. The van der Waals surface area contributed by atoms with Crippen molar-refractivity contribution < 1.29 is 17.9 Å². The Kier molecular flexibility index (Phi) is 5.72. The minimum absolute atomic E-state index is 0.113. The number of thioether (sulfide) groups is 1. The van der Waals surface area contributed by atoms with E-state index in [4.69, 9.17) is 4.74 Å². The Balaban J connectivity index is 1.79. The topological polar surface area (TPSA) is 101 Å². The van der Waals surface area contributed by atoms with Crippen LogP contribution in [0, 0.1) is 6.92 Å². The average Bonchev–Trinajstić information content (AvgIpc) is 3.05. The molecule has 144 valence electrons. The molecule has 0 spiro atoms. The van der Waals surface area contributed by atoms with Crippen LogP contribution < -0.4 is 14.4 Å². The van der Waals surface area contributed by atoms with E-state index < -0.39 is 22.0 Å². The molecule has 0 fully saturated rings. The van der Waals surface area contributed by atoms with Gasteiger partial charge < -0.3 is 4.74 Å². The summed E-state index contributed by atoms with van der Waals surface area (Å²) in [4.78, 5) is 12.6. The molecular weight excluding hydrogens is 408 g/mol. The molecule has 1 N–H and O–H groups in total. The lowest BCUT2D eigenvalue weighted by Gasteiger charge is -2.33. The number of hydrogen-bond donors (Lipinski definition) is 1. The number of benzene rings is 1. The number of carbonyl (C=O) groups is 1. The molecule has 0 radical (unpaired) electrons. The van der Waals surface area contributed by atoms with E-state index in [9.17, 15) is 13.2 Å². The van der Waals surface area contributed by atoms with Crippen molar-refractivity contribution >= 4 is 49.8 Å². The van der Waals surface area contributed by atoms with Crippen LogP contribution in [0.5, 0.6) is 5.75 Å². The summed E-state index contributed by atoms with van der Waals surface area (Å²) in [5.74, 6) is 0.562. The van der Waals surface area contributed by atoms with Gasteiger partial charge in [-0.3, -0.25) is 14.4 Å². The third kappa shape index (κ3) is 4.60. The number of carbonyl (C=O) groups excluding carboxylic acids is 1. The van der Waals surface area contributed by atoms with E-state index in [1.807, 2.05) is 6.92 Å². The fourth-order valence-electron chi connectivity index (χ4n) is 2.45. The van der Waals surface area contributed by atoms with Crippen molar-refractivity contribution in [1.29, 1.82) is 0 Å². The molecule has 0 saturated heterocycles. The van der Waals surface area contributed by atoms with Crippen molar-refractivity contribution in [3.63, 3.8) is 0 Å². The molecule has 0 bridgehead atoms. The smallest absolute Gasteiger partial charge is 0.269 e. The molecular formula is C16H18N4O4S3. The molecule has 1 aromatic carbocycles. The zero-order valence-electron chi connectivity index (χ0n) is 14.7. The molecule has 0 saturated carbocycles. The van der Waals surface area contributed by atoms with E-state index >= 15 is 0 Å². The first-order valence-electron chi connectivity index (χ1n) is 7.91. The monoisotopic (exact) mass is 426 g/mol. The lowest BCUT2D eigenvalue weighted by Crippen LogP contribution is -2.48. The zero-order valence-corrected chi connectivity index (χ0v) is 17.2. The highest BCUT2D eigenvalue weighted by Gasteiger charge is 2.35. The SMILES string of the molecule is C=CCSc1nnc(NC(=O)C2CN(S(C)(=O)=O)c3ccc(C)cc3O2)s1. The van der Waals surface area contributed by atoms with Crippen LogP contribution in [0.15, 0.2) is 35.2 Å². The number of sulfonamides is 1. The fourth-order valence-corrected chi connectivity index (χ4v) is 4.88. The molecule has 1 atom stereocenters. The Morgan fingerprint density at radius 3 is 3.00 bits per heavy atom. The van der Waals surface area contributed by atoms with Gasteiger partial charge in [0, 0.05) is 5.75 Å². The summed E-state index contributed by atoms with van der Waals surface area (Å²) in [5.41, 5.74) is 1.32. The molecule has 3 rings (SSSR count). The largest absolute Gasteiger partial charge is 0.476 e. The third-order valence-electron chi connectivity index (χ3n) is 3.64. The second-order valence-electron chi connectivity index (χ2n) is 5.83. The van der Waals surface area contributed by atoms with Gasteiger partial charge in [0.05, 0.1) is 18.5 Å². The molecule has 27 heavy (non-hydrogen) atoms. The highest BCUT2D eigenvalue weighted by atomic mass is 32.2. The van der Waals surface area contributed by atoms with Crippen LogP contribution >= 0.6 is 23.1 Å². The number of nitrogens with one attached hydrogen (secondary N) is 1. The van der Waals surface area contributed by atoms with Gasteiger partial charge in [-0.15, -0.1) is 16.8 Å². The van der Waals surface area contributed by atoms with E-state index in [-0.39, 0.29) is 6.54 Å². The van der Waals surface area contributed by atoms with Crippen molar-refractivity contribution in [3.8, 4) is 5.75 Å². The van der Waals surface area contributed by atoms with Crippen LogP contribution in [-0.2, 0) is 14.8 Å². The van der Waals surface area contributed by atoms with E-state index in [1.54, 1.807) is 24.3 Å². The Labute approximate surface area is 165 Å². The lowest BCUT2D eigenvalue weighted by molar-refractivity contribution is -0.122. The number of aromatic nitrogens is 2. The predicted molar refractivity (Wildman–Crippen MR) is 107 cm³/mol. The van der Waals surface area contributed by atoms with Crippen molar-refractivity contribution in [3.05, 3.63) is 36.4 Å². The molecule has 0 aliphatic carbocycles. The summed E-state index contributed by atoms with van der Waals surface area (Å²) in [6, 6.07) is 5.18. The number of nitrogens with zero attached hydrogens (tertiary/aromatic N) is 3. The number of anilines is 2. The number of rotatable bonds is 6. The third-order valence-corrected chi connectivity index (χ3v) is 6.75. The first-order chi connectivity index (χ1) is 12.8. The Bertz CT molecular complexity index is 974. The van der Waals surface area contributed by atoms with E-state index in [1.165, 1.54) is 27.4 Å². The van der Waals surface area contributed by atoms with Gasteiger partial charge in [-0.05, 0) is 24.6 Å². The first-order valence-corrected chi connectivity index (χ1v) is 11.6. The number of amides is 1. The Morgan fingerprint density at radius 2 is 2.30 bits per heavy atom. The number of hydrogen-bond acceptors (Lipinski definition) is 8. The van der Waals surface area contributed by atoms with Gasteiger partial charge in [0.1, 0.15) is 5.75 Å². The molecule has 11 heteroatoms. The van der Waals surface area contributed by atoms with Crippen LogP contribution in [0.4, 0.5) is 10.8 Å². The van der Waals surface area contributed by atoms with Crippen molar-refractivity contribution in [2.45, 2.75) is 17.4 Å². The Morgan fingerprint density at radius 1 is 1.52 bits per heavy atom. The van der Waals surface area contributed by atoms with Gasteiger partial charge in [-0.2, -0.15) is 0 Å². The zero-order chi connectivity index (χ0) is 19.6. The number of aryl methyl sites for hydroxylation is 1. The summed E-state index contributed by atoms with van der Waals surface area (Å²) < 4.78 is 32.0. The van der Waals surface area contributed by atoms with Crippen LogP contribution in [0.3, 0.4) is 0 Å². The summed E-state index contributed by atoms with van der Waals surface area (Å²) in [7, 11) is -3.56. The van der Waals surface area contributed by atoms with E-state index in [0.717, 1.165) is 11.8 Å². The first kappa shape index (κ1) is 19.6. The standard InChI is InChI=1S/C16H18N4O4S3/c1-4-7-25-16-19-18-15(26-16)17-14(21)13-9-20(27(3,22)23)11-6-5-10(2)8-12(11)24-13/h4-6,8,13H,1,7,9H2,2-3H3,(H,17,18,21).